The second-order valence-corrected chi connectivity index (χ2v) is 11.2. The van der Waals surface area contributed by atoms with Crippen molar-refractivity contribution < 1.29 is 8.60 Å². The van der Waals surface area contributed by atoms with Crippen LogP contribution in [0.5, 0.6) is 0 Å². The lowest BCUT2D eigenvalue weighted by Gasteiger charge is -2.35. The monoisotopic (exact) mass is 411 g/mol. The van der Waals surface area contributed by atoms with Gasteiger partial charge in [0.15, 0.2) is 0 Å². The molecular weight excluding hydrogens is 393 g/mol. The molecule has 4 rings (SSSR count). The van der Waals surface area contributed by atoms with Gasteiger partial charge in [-0.15, -0.1) is 11.3 Å². The third kappa shape index (κ3) is 3.17. The van der Waals surface area contributed by atoms with Crippen molar-refractivity contribution >= 4 is 20.6 Å². The zero-order valence-electron chi connectivity index (χ0n) is 15.1. The fourth-order valence-electron chi connectivity index (χ4n) is 3.09. The number of aromatic nitrogens is 2. The third-order valence-electron chi connectivity index (χ3n) is 4.51. The average Bonchev–Trinajstić information content (AvgIpc) is 3.19. The van der Waals surface area contributed by atoms with Crippen molar-refractivity contribution in [2.45, 2.75) is 9.92 Å². The smallest absolute Gasteiger partial charge is 0.130 e. The SMILES string of the molecule is CS(N)(=O)(c1ccccc1)c1ncccc1-c1scnc1-c1ccc(F)cc1. The summed E-state index contributed by atoms with van der Waals surface area (Å²) >= 11 is 1.40. The number of pyridine rings is 1. The zero-order chi connectivity index (χ0) is 19.8. The summed E-state index contributed by atoms with van der Waals surface area (Å²) in [5, 5.41) is 6.86. The molecule has 0 aliphatic heterocycles. The molecule has 0 radical (unpaired) electrons. The Hall–Kier alpha value is -2.74. The van der Waals surface area contributed by atoms with Crippen LogP contribution in [0.4, 0.5) is 4.39 Å². The first kappa shape index (κ1) is 18.6. The Balaban J connectivity index is 1.93. The number of nitrogens with zero attached hydrogens (tertiary/aromatic N) is 2. The van der Waals surface area contributed by atoms with Crippen LogP contribution in [0.3, 0.4) is 0 Å². The van der Waals surface area contributed by atoms with E-state index in [1.807, 2.05) is 12.1 Å². The van der Waals surface area contributed by atoms with Gasteiger partial charge in [0.05, 0.1) is 16.1 Å². The summed E-state index contributed by atoms with van der Waals surface area (Å²) in [5.41, 5.74) is 3.81. The summed E-state index contributed by atoms with van der Waals surface area (Å²) in [6.45, 7) is 0. The quantitative estimate of drug-likeness (QED) is 0.527. The molecule has 0 unspecified atom stereocenters. The highest BCUT2D eigenvalue weighted by atomic mass is 32.3. The Morgan fingerprint density at radius 1 is 0.964 bits per heavy atom. The van der Waals surface area contributed by atoms with Crippen molar-refractivity contribution in [3.05, 3.63) is 84.3 Å². The number of benzene rings is 2. The fraction of sp³-hybridized carbons (Fsp3) is 0.0476. The Labute approximate surface area is 166 Å². The van der Waals surface area contributed by atoms with Gasteiger partial charge in [-0.25, -0.2) is 14.4 Å². The van der Waals surface area contributed by atoms with E-state index in [-0.39, 0.29) is 5.82 Å². The molecule has 0 aliphatic carbocycles. The zero-order valence-corrected chi connectivity index (χ0v) is 16.7. The number of halogens is 1. The molecule has 4 nitrogen and oxygen atoms in total. The second-order valence-electron chi connectivity index (χ2n) is 6.62. The number of thiazole rings is 1. The lowest BCUT2D eigenvalue weighted by Crippen LogP contribution is -2.42. The molecule has 0 saturated carbocycles. The first-order valence-electron chi connectivity index (χ1n) is 8.50. The first-order chi connectivity index (χ1) is 13.4. The maximum absolute atomic E-state index is 14.0. The van der Waals surface area contributed by atoms with Gasteiger partial charge >= 0.3 is 0 Å². The van der Waals surface area contributed by atoms with E-state index in [9.17, 15) is 8.60 Å². The van der Waals surface area contributed by atoms with Crippen LogP contribution < -0.4 is 5.14 Å². The van der Waals surface area contributed by atoms with Crippen LogP contribution in [0.1, 0.15) is 0 Å². The molecule has 0 bridgehead atoms. The molecular formula is C21H18FN3OS2. The van der Waals surface area contributed by atoms with E-state index in [1.54, 1.807) is 54.2 Å². The predicted molar refractivity (Wildman–Crippen MR) is 112 cm³/mol. The Morgan fingerprint density at radius 2 is 1.68 bits per heavy atom. The maximum Gasteiger partial charge on any atom is 0.130 e. The van der Waals surface area contributed by atoms with E-state index in [0.29, 0.717) is 21.2 Å². The largest absolute Gasteiger partial charge is 0.263 e. The lowest BCUT2D eigenvalue weighted by molar-refractivity contribution is 0.628. The molecule has 0 atom stereocenters. The van der Waals surface area contributed by atoms with Crippen molar-refractivity contribution in [2.75, 3.05) is 6.26 Å². The van der Waals surface area contributed by atoms with E-state index in [1.165, 1.54) is 29.7 Å². The molecule has 28 heavy (non-hydrogen) atoms. The summed E-state index contributed by atoms with van der Waals surface area (Å²) in [5.74, 6) is -0.314. The molecule has 0 fully saturated rings. The van der Waals surface area contributed by atoms with Gasteiger partial charge in [0, 0.05) is 37.7 Å². The number of hydrogen-bond acceptors (Lipinski definition) is 4. The van der Waals surface area contributed by atoms with Crippen molar-refractivity contribution in [1.82, 2.24) is 9.97 Å². The molecule has 2 aromatic heterocycles. The molecule has 0 amide bonds. The minimum absolute atomic E-state index is 0.314. The Morgan fingerprint density at radius 3 is 2.39 bits per heavy atom. The molecule has 2 heterocycles. The third-order valence-corrected chi connectivity index (χ3v) is 8.10. The van der Waals surface area contributed by atoms with Crippen LogP contribution in [0.25, 0.3) is 21.7 Å². The summed E-state index contributed by atoms with van der Waals surface area (Å²) in [6.07, 6.45) is 3.13. The van der Waals surface area contributed by atoms with E-state index in [4.69, 9.17) is 5.14 Å². The fourth-order valence-corrected chi connectivity index (χ4v) is 6.09. The van der Waals surface area contributed by atoms with Crippen molar-refractivity contribution in [2.24, 2.45) is 5.14 Å². The van der Waals surface area contributed by atoms with Crippen LogP contribution in [-0.2, 0) is 9.25 Å². The van der Waals surface area contributed by atoms with Crippen LogP contribution in [0.2, 0.25) is 0 Å². The molecule has 142 valence electrons. The summed E-state index contributed by atoms with van der Waals surface area (Å²) in [4.78, 5) is 10.2. The average molecular weight is 412 g/mol. The van der Waals surface area contributed by atoms with Gasteiger partial charge in [-0.2, -0.15) is 0 Å². The minimum atomic E-state index is -3.93. The van der Waals surface area contributed by atoms with Gasteiger partial charge < -0.3 is 0 Å². The maximum atomic E-state index is 14.0. The van der Waals surface area contributed by atoms with Crippen LogP contribution in [0, 0.1) is 5.82 Å². The van der Waals surface area contributed by atoms with E-state index in [0.717, 1.165) is 10.4 Å². The molecule has 0 saturated heterocycles. The topological polar surface area (TPSA) is 68.9 Å². The van der Waals surface area contributed by atoms with Gasteiger partial charge in [0.25, 0.3) is 0 Å². The van der Waals surface area contributed by atoms with Crippen LogP contribution in [0.15, 0.2) is 88.4 Å². The standard InChI is InChI=1S/C21H18FN3OS2/c1-28(23,26,17-6-3-2-4-7-17)21-18(8-5-13-24-21)20-19(25-14-27-20)15-9-11-16(22)12-10-15/h2-14H,1H3,(H2,23,26). The summed E-state index contributed by atoms with van der Waals surface area (Å²) in [6, 6.07) is 18.7. The number of hydrogen-bond donors (Lipinski definition) is 1. The molecule has 2 N–H and O–H groups in total. The van der Waals surface area contributed by atoms with Crippen LogP contribution in [-0.4, -0.2) is 20.4 Å². The van der Waals surface area contributed by atoms with Crippen molar-refractivity contribution in [3.8, 4) is 21.7 Å². The van der Waals surface area contributed by atoms with Gasteiger partial charge in [0.1, 0.15) is 10.8 Å². The minimum Gasteiger partial charge on any atom is -0.263 e. The first-order valence-corrected chi connectivity index (χ1v) is 11.8. The molecule has 0 aliphatic rings. The number of rotatable bonds is 4. The highest BCUT2D eigenvalue weighted by molar-refractivity contribution is 8.17. The number of nitrogens with two attached hydrogens (primary N) is 1. The molecule has 2 aromatic carbocycles. The highest BCUT2D eigenvalue weighted by Gasteiger charge is 2.35. The van der Waals surface area contributed by atoms with Gasteiger partial charge in [-0.1, -0.05) is 18.2 Å². The summed E-state index contributed by atoms with van der Waals surface area (Å²) < 4.78 is 27.4. The normalized spacial score (nSPS) is 13.0. The van der Waals surface area contributed by atoms with E-state index in [2.05, 4.69) is 9.97 Å². The highest BCUT2D eigenvalue weighted by Crippen LogP contribution is 2.43. The summed E-state index contributed by atoms with van der Waals surface area (Å²) in [7, 11) is -3.93. The van der Waals surface area contributed by atoms with Crippen molar-refractivity contribution in [3.63, 3.8) is 0 Å². The Kier molecular flexibility index (Phi) is 4.45. The van der Waals surface area contributed by atoms with Gasteiger partial charge in [-0.05, 0) is 48.5 Å². The van der Waals surface area contributed by atoms with Gasteiger partial charge in [0.2, 0.25) is 0 Å². The van der Waals surface area contributed by atoms with Gasteiger partial charge in [-0.3, -0.25) is 9.35 Å². The predicted octanol–water partition coefficient (Wildman–Crippen LogP) is 4.75. The van der Waals surface area contributed by atoms with Crippen LogP contribution >= 0.6 is 11.3 Å². The lowest BCUT2D eigenvalue weighted by atomic mass is 10.1. The Bertz CT molecular complexity index is 1200. The second kappa shape index (κ2) is 6.70. The van der Waals surface area contributed by atoms with E-state index < -0.39 is 9.25 Å². The van der Waals surface area contributed by atoms with Crippen molar-refractivity contribution in [1.29, 1.82) is 0 Å². The van der Waals surface area contributed by atoms with E-state index >= 15 is 0 Å². The molecule has 0 spiro atoms. The molecule has 4 aromatic rings. The molecule has 7 heteroatoms.